The van der Waals surface area contributed by atoms with E-state index in [0.29, 0.717) is 59.8 Å². The minimum atomic E-state index is -0.247. The molecule has 4 aliphatic rings. The molecule has 0 radical (unpaired) electrons. The van der Waals surface area contributed by atoms with E-state index in [1.54, 1.807) is 0 Å². The molecule has 8 rings (SSSR count). The van der Waals surface area contributed by atoms with Gasteiger partial charge in [0.05, 0.1) is 12.2 Å². The Labute approximate surface area is 304 Å². The van der Waals surface area contributed by atoms with E-state index >= 15 is 0 Å². The Bertz CT molecular complexity index is 1850. The largest absolute Gasteiger partial charge is 0.393 e. The van der Waals surface area contributed by atoms with Crippen LogP contribution < -0.4 is 21.3 Å². The maximum atomic E-state index is 13.6. The van der Waals surface area contributed by atoms with Crippen molar-refractivity contribution in [2.24, 2.45) is 0 Å². The monoisotopic (exact) mass is 700 g/mol. The Kier molecular flexibility index (Phi) is 9.65. The van der Waals surface area contributed by atoms with Gasteiger partial charge < -0.3 is 31.5 Å². The number of hydrogen-bond donors (Lipinski definition) is 6. The highest BCUT2D eigenvalue weighted by molar-refractivity contribution is 6.05. The molecule has 270 valence electrons. The van der Waals surface area contributed by atoms with E-state index in [9.17, 15) is 19.8 Å². The molecule has 0 spiro atoms. The van der Waals surface area contributed by atoms with Crippen molar-refractivity contribution in [3.63, 3.8) is 0 Å². The van der Waals surface area contributed by atoms with Gasteiger partial charge in [-0.1, -0.05) is 24.3 Å². The first kappa shape index (κ1) is 34.6. The number of amides is 2. The number of nitrogens with one attached hydrogen (secondary N) is 4. The van der Waals surface area contributed by atoms with Crippen molar-refractivity contribution >= 4 is 23.2 Å². The number of anilines is 2. The lowest BCUT2D eigenvalue weighted by atomic mass is 9.89. The number of aromatic nitrogens is 2. The standard InChI is InChI=1S/C42H48N6O4/c1-23-33(5-3-7-37(23)47-41(51)39-17-35(25-9-10-25)27(21-45-39)19-43-29-13-31(49)14-29)34-6-4-8-38(24(34)2)48-42(52)40-18-36(26-11-12-26)28(22-46-40)20-44-30-15-32(50)16-30/h3-8,17-18,21-22,25-26,29-32,43-44,49-50H,9-16,19-20H2,1-2H3,(H,47,51)(H,48,52)/t29-,30-,31+,32+. The fourth-order valence-electron chi connectivity index (χ4n) is 7.61. The fraction of sp³-hybridized carbons (Fsp3) is 0.429. The molecule has 2 aromatic heterocycles. The van der Waals surface area contributed by atoms with Gasteiger partial charge in [-0.05, 0) is 146 Å². The summed E-state index contributed by atoms with van der Waals surface area (Å²) in [6, 6.07) is 16.3. The molecule has 2 aromatic carbocycles. The van der Waals surface area contributed by atoms with Gasteiger partial charge in [-0.15, -0.1) is 0 Å². The minimum absolute atomic E-state index is 0.200. The molecular weight excluding hydrogens is 652 g/mol. The van der Waals surface area contributed by atoms with Gasteiger partial charge in [-0.3, -0.25) is 19.6 Å². The lowest BCUT2D eigenvalue weighted by molar-refractivity contribution is 0.0615. The maximum absolute atomic E-state index is 13.6. The maximum Gasteiger partial charge on any atom is 0.274 e. The molecule has 0 unspecified atom stereocenters. The second-order valence-electron chi connectivity index (χ2n) is 15.4. The second-order valence-corrected chi connectivity index (χ2v) is 15.4. The van der Waals surface area contributed by atoms with Crippen LogP contribution in [0.1, 0.15) is 118 Å². The number of nitrogens with zero attached hydrogens (tertiary/aromatic N) is 2. The molecule has 2 heterocycles. The van der Waals surface area contributed by atoms with Crippen molar-refractivity contribution in [2.75, 3.05) is 10.6 Å². The van der Waals surface area contributed by atoms with Crippen LogP contribution in [0.2, 0.25) is 0 Å². The van der Waals surface area contributed by atoms with E-state index in [4.69, 9.17) is 0 Å². The van der Waals surface area contributed by atoms with Crippen molar-refractivity contribution in [1.82, 2.24) is 20.6 Å². The highest BCUT2D eigenvalue weighted by Gasteiger charge is 2.31. The molecule has 0 aliphatic heterocycles. The summed E-state index contributed by atoms with van der Waals surface area (Å²) in [5.74, 6) is 0.432. The first-order valence-corrected chi connectivity index (χ1v) is 18.8. The zero-order valence-electron chi connectivity index (χ0n) is 29.9. The van der Waals surface area contributed by atoms with Crippen molar-refractivity contribution in [3.05, 3.63) is 106 Å². The Morgan fingerprint density at radius 2 is 1.06 bits per heavy atom. The van der Waals surface area contributed by atoms with Crippen LogP contribution in [0.5, 0.6) is 0 Å². The summed E-state index contributed by atoms with van der Waals surface area (Å²) in [6.45, 7) is 5.37. The quantitative estimate of drug-likeness (QED) is 0.0960. The summed E-state index contributed by atoms with van der Waals surface area (Å²) < 4.78 is 0. The molecule has 52 heavy (non-hydrogen) atoms. The van der Waals surface area contributed by atoms with Crippen molar-refractivity contribution in [3.8, 4) is 11.1 Å². The van der Waals surface area contributed by atoms with Crippen LogP contribution in [0.15, 0.2) is 60.9 Å². The van der Waals surface area contributed by atoms with Crippen molar-refractivity contribution in [2.45, 2.75) is 114 Å². The van der Waals surface area contributed by atoms with Gasteiger partial charge >= 0.3 is 0 Å². The number of aliphatic hydroxyl groups excluding tert-OH is 2. The number of pyridine rings is 2. The molecule has 0 atom stereocenters. The third-order valence-corrected chi connectivity index (χ3v) is 11.4. The first-order valence-electron chi connectivity index (χ1n) is 18.8. The van der Waals surface area contributed by atoms with E-state index in [1.807, 2.05) is 74.8 Å². The molecule has 4 saturated carbocycles. The van der Waals surface area contributed by atoms with Crippen molar-refractivity contribution in [1.29, 1.82) is 0 Å². The van der Waals surface area contributed by atoms with Crippen LogP contribution in [0, 0.1) is 13.8 Å². The average molecular weight is 701 g/mol. The van der Waals surface area contributed by atoms with Crippen LogP contribution in [-0.4, -0.2) is 56.3 Å². The normalized spacial score (nSPS) is 22.3. The molecule has 4 fully saturated rings. The smallest absolute Gasteiger partial charge is 0.274 e. The Balaban J connectivity index is 0.959. The molecule has 0 saturated heterocycles. The van der Waals surface area contributed by atoms with E-state index in [0.717, 1.165) is 84.7 Å². The summed E-state index contributed by atoms with van der Waals surface area (Å²) in [5, 5.41) is 32.5. The third kappa shape index (κ3) is 7.52. The fourth-order valence-corrected chi connectivity index (χ4v) is 7.61. The number of aliphatic hydroxyl groups is 2. The van der Waals surface area contributed by atoms with E-state index < -0.39 is 0 Å². The van der Waals surface area contributed by atoms with E-state index in [1.165, 1.54) is 11.1 Å². The first-order chi connectivity index (χ1) is 25.2. The van der Waals surface area contributed by atoms with E-state index in [-0.39, 0.29) is 24.0 Å². The Hall–Kier alpha value is -4.48. The molecular formula is C42H48N6O4. The van der Waals surface area contributed by atoms with Gasteiger partial charge in [0, 0.05) is 48.9 Å². The minimum Gasteiger partial charge on any atom is -0.393 e. The Morgan fingerprint density at radius 1 is 0.654 bits per heavy atom. The molecule has 4 aliphatic carbocycles. The zero-order chi connectivity index (χ0) is 35.9. The number of rotatable bonds is 13. The topological polar surface area (TPSA) is 148 Å². The number of benzene rings is 2. The summed E-state index contributed by atoms with van der Waals surface area (Å²) in [7, 11) is 0. The van der Waals surface area contributed by atoms with Crippen LogP contribution in [-0.2, 0) is 13.1 Å². The highest BCUT2D eigenvalue weighted by atomic mass is 16.3. The highest BCUT2D eigenvalue weighted by Crippen LogP contribution is 2.43. The van der Waals surface area contributed by atoms with Gasteiger partial charge in [0.2, 0.25) is 0 Å². The van der Waals surface area contributed by atoms with Crippen LogP contribution in [0.3, 0.4) is 0 Å². The predicted molar refractivity (Wildman–Crippen MR) is 201 cm³/mol. The molecule has 6 N–H and O–H groups in total. The van der Waals surface area contributed by atoms with Crippen molar-refractivity contribution < 1.29 is 19.8 Å². The lowest BCUT2D eigenvalue weighted by Crippen LogP contribution is -2.43. The van der Waals surface area contributed by atoms with Gasteiger partial charge in [-0.25, -0.2) is 0 Å². The molecule has 4 aromatic rings. The summed E-state index contributed by atoms with van der Waals surface area (Å²) in [4.78, 5) is 36.2. The van der Waals surface area contributed by atoms with Gasteiger partial charge in [0.15, 0.2) is 0 Å². The zero-order valence-corrected chi connectivity index (χ0v) is 29.9. The summed E-state index contributed by atoms with van der Waals surface area (Å²) in [5.41, 5.74) is 10.6. The summed E-state index contributed by atoms with van der Waals surface area (Å²) >= 11 is 0. The number of carbonyl (C=O) groups excluding carboxylic acids is 2. The van der Waals surface area contributed by atoms with Crippen LogP contribution in [0.4, 0.5) is 11.4 Å². The molecule has 10 nitrogen and oxygen atoms in total. The predicted octanol–water partition coefficient (Wildman–Crippen LogP) is 6.25. The molecule has 10 heteroatoms. The SMILES string of the molecule is Cc1c(NC(=O)c2cc(C3CC3)c(CN[C@H]3C[C@@H](O)C3)cn2)cccc1-c1cccc(NC(=O)c2cc(C3CC3)c(CN[C@H]3C[C@@H](O)C3)cn2)c1C. The third-order valence-electron chi connectivity index (χ3n) is 11.4. The molecule has 0 bridgehead atoms. The number of hydrogen-bond acceptors (Lipinski definition) is 8. The Morgan fingerprint density at radius 3 is 1.42 bits per heavy atom. The van der Waals surface area contributed by atoms with E-state index in [2.05, 4.69) is 31.2 Å². The second kappa shape index (κ2) is 14.5. The van der Waals surface area contributed by atoms with Crippen LogP contribution in [0.25, 0.3) is 11.1 Å². The number of carbonyl (C=O) groups is 2. The van der Waals surface area contributed by atoms with Gasteiger partial charge in [0.25, 0.3) is 11.8 Å². The van der Waals surface area contributed by atoms with Gasteiger partial charge in [-0.2, -0.15) is 0 Å². The summed E-state index contributed by atoms with van der Waals surface area (Å²) in [6.07, 6.45) is 10.9. The van der Waals surface area contributed by atoms with Gasteiger partial charge in [0.1, 0.15) is 11.4 Å². The average Bonchev–Trinajstić information content (AvgIpc) is 4.04. The lowest BCUT2D eigenvalue weighted by Gasteiger charge is -2.32. The van der Waals surface area contributed by atoms with Crippen LogP contribution >= 0.6 is 0 Å². The molecule has 2 amide bonds.